The lowest BCUT2D eigenvalue weighted by Crippen LogP contribution is -2.11. The first-order valence-corrected chi connectivity index (χ1v) is 8.03. The molecule has 0 bridgehead atoms. The monoisotopic (exact) mass is 344 g/mol. The second kappa shape index (κ2) is 6.76. The lowest BCUT2D eigenvalue weighted by atomic mass is 10.2. The highest BCUT2D eigenvalue weighted by atomic mass is 32.1. The number of benzene rings is 2. The molecule has 0 saturated heterocycles. The Morgan fingerprint density at radius 2 is 1.88 bits per heavy atom. The van der Waals surface area contributed by atoms with Crippen molar-refractivity contribution in [1.82, 2.24) is 4.98 Å². The van der Waals surface area contributed by atoms with Crippen molar-refractivity contribution in [1.29, 1.82) is 0 Å². The molecule has 3 rings (SSSR count). The number of hydrogen-bond acceptors (Lipinski definition) is 5. The number of hydrogen-bond donors (Lipinski definition) is 1. The number of carbonyl (C=O) groups excluding carboxylic acids is 2. The maximum absolute atomic E-state index is 12.9. The van der Waals surface area contributed by atoms with Crippen molar-refractivity contribution in [2.75, 3.05) is 11.9 Å². The number of esters is 1. The first-order chi connectivity index (χ1) is 11.6. The molecule has 0 unspecified atom stereocenters. The van der Waals surface area contributed by atoms with Crippen LogP contribution in [-0.4, -0.2) is 23.5 Å². The van der Waals surface area contributed by atoms with Crippen LogP contribution in [-0.2, 0) is 4.74 Å². The van der Waals surface area contributed by atoms with E-state index in [1.54, 1.807) is 25.1 Å². The molecule has 7 heteroatoms. The normalized spacial score (nSPS) is 10.6. The largest absolute Gasteiger partial charge is 0.462 e. The Hall–Kier alpha value is -2.80. The maximum Gasteiger partial charge on any atom is 0.338 e. The highest BCUT2D eigenvalue weighted by Gasteiger charge is 2.12. The SMILES string of the molecule is CCOC(=O)c1ccc2nc(NC(=O)c3ccc(F)cc3)sc2c1. The van der Waals surface area contributed by atoms with E-state index < -0.39 is 11.8 Å². The van der Waals surface area contributed by atoms with E-state index in [1.165, 1.54) is 35.6 Å². The van der Waals surface area contributed by atoms with Gasteiger partial charge in [-0.05, 0) is 49.4 Å². The minimum atomic E-state index is -0.405. The summed E-state index contributed by atoms with van der Waals surface area (Å²) in [5, 5.41) is 3.07. The van der Waals surface area contributed by atoms with Crippen molar-refractivity contribution < 1.29 is 18.7 Å². The topological polar surface area (TPSA) is 68.3 Å². The van der Waals surface area contributed by atoms with Gasteiger partial charge in [0.25, 0.3) is 5.91 Å². The lowest BCUT2D eigenvalue weighted by Gasteiger charge is -2.00. The number of nitrogens with zero attached hydrogens (tertiary/aromatic N) is 1. The number of anilines is 1. The molecule has 24 heavy (non-hydrogen) atoms. The second-order valence-electron chi connectivity index (χ2n) is 4.88. The summed E-state index contributed by atoms with van der Waals surface area (Å²) in [7, 11) is 0. The van der Waals surface area contributed by atoms with Crippen LogP contribution in [0, 0.1) is 5.82 Å². The molecule has 1 aromatic heterocycles. The molecule has 0 spiro atoms. The van der Waals surface area contributed by atoms with Gasteiger partial charge in [0.1, 0.15) is 5.82 Å². The number of thiazole rings is 1. The Bertz CT molecular complexity index is 906. The summed E-state index contributed by atoms with van der Waals surface area (Å²) in [6, 6.07) is 10.3. The van der Waals surface area contributed by atoms with E-state index in [9.17, 15) is 14.0 Å². The van der Waals surface area contributed by atoms with E-state index in [-0.39, 0.29) is 5.91 Å². The van der Waals surface area contributed by atoms with E-state index in [4.69, 9.17) is 4.74 Å². The van der Waals surface area contributed by atoms with E-state index in [0.717, 1.165) is 4.70 Å². The van der Waals surface area contributed by atoms with Crippen LogP contribution in [0.5, 0.6) is 0 Å². The predicted octanol–water partition coefficient (Wildman–Crippen LogP) is 3.86. The molecule has 1 amide bonds. The van der Waals surface area contributed by atoms with Crippen LogP contribution in [0.4, 0.5) is 9.52 Å². The van der Waals surface area contributed by atoms with Crippen LogP contribution < -0.4 is 5.32 Å². The fraction of sp³-hybridized carbons (Fsp3) is 0.118. The lowest BCUT2D eigenvalue weighted by molar-refractivity contribution is 0.0526. The molecule has 3 aromatic rings. The summed E-state index contributed by atoms with van der Waals surface area (Å²) in [5.41, 5.74) is 1.44. The van der Waals surface area contributed by atoms with Crippen molar-refractivity contribution in [2.45, 2.75) is 6.92 Å². The molecule has 5 nitrogen and oxygen atoms in total. The minimum Gasteiger partial charge on any atom is -0.462 e. The smallest absolute Gasteiger partial charge is 0.338 e. The van der Waals surface area contributed by atoms with E-state index in [0.29, 0.717) is 28.4 Å². The molecular weight excluding hydrogens is 331 g/mol. The van der Waals surface area contributed by atoms with Gasteiger partial charge in [-0.15, -0.1) is 0 Å². The Labute approximate surface area is 141 Å². The molecular formula is C17H13FN2O3S. The zero-order chi connectivity index (χ0) is 17.1. The Morgan fingerprint density at radius 3 is 2.58 bits per heavy atom. The van der Waals surface area contributed by atoms with Gasteiger partial charge in [0, 0.05) is 5.56 Å². The number of amides is 1. The van der Waals surface area contributed by atoms with Crippen LogP contribution in [0.2, 0.25) is 0 Å². The third-order valence-corrected chi connectivity index (χ3v) is 4.16. The molecule has 2 aromatic carbocycles. The highest BCUT2D eigenvalue weighted by Crippen LogP contribution is 2.27. The molecule has 0 saturated carbocycles. The average Bonchev–Trinajstić information content (AvgIpc) is 2.96. The van der Waals surface area contributed by atoms with Crippen molar-refractivity contribution in [3.63, 3.8) is 0 Å². The number of rotatable bonds is 4. The maximum atomic E-state index is 12.9. The van der Waals surface area contributed by atoms with Gasteiger partial charge >= 0.3 is 5.97 Å². The molecule has 0 radical (unpaired) electrons. The van der Waals surface area contributed by atoms with Crippen LogP contribution in [0.1, 0.15) is 27.6 Å². The standard InChI is InChI=1S/C17H13FN2O3S/c1-2-23-16(22)11-5-8-13-14(9-11)24-17(19-13)20-15(21)10-3-6-12(18)7-4-10/h3-9H,2H2,1H3,(H,19,20,21). The Balaban J connectivity index is 1.81. The van der Waals surface area contributed by atoms with Crippen LogP contribution >= 0.6 is 11.3 Å². The first kappa shape index (κ1) is 16.1. The zero-order valence-electron chi connectivity index (χ0n) is 12.7. The summed E-state index contributed by atoms with van der Waals surface area (Å²) in [6.45, 7) is 2.05. The fourth-order valence-corrected chi connectivity index (χ4v) is 2.99. The molecule has 1 heterocycles. The molecule has 122 valence electrons. The van der Waals surface area contributed by atoms with Crippen molar-refractivity contribution in [3.8, 4) is 0 Å². The van der Waals surface area contributed by atoms with E-state index >= 15 is 0 Å². The van der Waals surface area contributed by atoms with Crippen LogP contribution in [0.15, 0.2) is 42.5 Å². The number of aromatic nitrogens is 1. The zero-order valence-corrected chi connectivity index (χ0v) is 13.5. The van der Waals surface area contributed by atoms with Crippen molar-refractivity contribution >= 4 is 38.6 Å². The van der Waals surface area contributed by atoms with Gasteiger partial charge in [-0.1, -0.05) is 11.3 Å². The molecule has 1 N–H and O–H groups in total. The third kappa shape index (κ3) is 3.41. The van der Waals surface area contributed by atoms with Gasteiger partial charge in [0.2, 0.25) is 0 Å². The first-order valence-electron chi connectivity index (χ1n) is 7.21. The molecule has 0 aliphatic rings. The molecule has 0 fully saturated rings. The van der Waals surface area contributed by atoms with Gasteiger partial charge in [-0.3, -0.25) is 10.1 Å². The number of carbonyl (C=O) groups is 2. The molecule has 0 aliphatic carbocycles. The van der Waals surface area contributed by atoms with E-state index in [2.05, 4.69) is 10.3 Å². The third-order valence-electron chi connectivity index (χ3n) is 3.23. The van der Waals surface area contributed by atoms with Gasteiger partial charge in [-0.25, -0.2) is 14.2 Å². The summed E-state index contributed by atoms with van der Waals surface area (Å²) in [5.74, 6) is -1.18. The van der Waals surface area contributed by atoms with Gasteiger partial charge < -0.3 is 4.74 Å². The Kier molecular flexibility index (Phi) is 4.52. The average molecular weight is 344 g/mol. The summed E-state index contributed by atoms with van der Waals surface area (Å²) >= 11 is 1.25. The summed E-state index contributed by atoms with van der Waals surface area (Å²) < 4.78 is 18.6. The van der Waals surface area contributed by atoms with Crippen LogP contribution in [0.3, 0.4) is 0 Å². The quantitative estimate of drug-likeness (QED) is 0.730. The van der Waals surface area contributed by atoms with Gasteiger partial charge in [0.05, 0.1) is 22.4 Å². The molecule has 0 aliphatic heterocycles. The van der Waals surface area contributed by atoms with E-state index in [1.807, 2.05) is 0 Å². The Morgan fingerprint density at radius 1 is 1.17 bits per heavy atom. The summed E-state index contributed by atoms with van der Waals surface area (Å²) in [4.78, 5) is 28.2. The van der Waals surface area contributed by atoms with Gasteiger partial charge in [0.15, 0.2) is 5.13 Å². The highest BCUT2D eigenvalue weighted by molar-refractivity contribution is 7.22. The summed E-state index contributed by atoms with van der Waals surface area (Å²) in [6.07, 6.45) is 0. The van der Waals surface area contributed by atoms with Crippen molar-refractivity contribution in [3.05, 3.63) is 59.4 Å². The number of nitrogens with one attached hydrogen (secondary N) is 1. The van der Waals surface area contributed by atoms with Crippen LogP contribution in [0.25, 0.3) is 10.2 Å². The predicted molar refractivity (Wildman–Crippen MR) is 89.9 cm³/mol. The number of ether oxygens (including phenoxy) is 1. The minimum absolute atomic E-state index is 0.304. The van der Waals surface area contributed by atoms with Crippen molar-refractivity contribution in [2.24, 2.45) is 0 Å². The fourth-order valence-electron chi connectivity index (χ4n) is 2.09. The number of halogens is 1. The molecule has 0 atom stereocenters. The second-order valence-corrected chi connectivity index (χ2v) is 5.91. The number of fused-ring (bicyclic) bond motifs is 1. The van der Waals surface area contributed by atoms with Gasteiger partial charge in [-0.2, -0.15) is 0 Å².